The molecule has 0 aromatic carbocycles. The zero-order chi connectivity index (χ0) is 11.5. The molecule has 16 heavy (non-hydrogen) atoms. The number of rotatable bonds is 2. The average Bonchev–Trinajstić information content (AvgIpc) is 2.77. The van der Waals surface area contributed by atoms with E-state index in [2.05, 4.69) is 11.0 Å². The molecule has 2 rings (SSSR count). The molecule has 0 amide bonds. The average molecular weight is 228 g/mol. The lowest BCUT2D eigenvalue weighted by Gasteiger charge is -2.35. The Labute approximate surface area is 95.2 Å². The summed E-state index contributed by atoms with van der Waals surface area (Å²) in [5, 5.41) is 8.83. The standard InChI is InChI=1S/C12H18F2N2/c13-12(14)10-3-5-16(6-4-10)11-2-1-9(7-11)8-15/h9-12H,1-7H2. The van der Waals surface area contributed by atoms with Crippen molar-refractivity contribution < 1.29 is 8.78 Å². The number of hydrogen-bond donors (Lipinski definition) is 0. The minimum atomic E-state index is -2.16. The smallest absolute Gasteiger partial charge is 0.241 e. The van der Waals surface area contributed by atoms with Crippen LogP contribution in [0.25, 0.3) is 0 Å². The van der Waals surface area contributed by atoms with Gasteiger partial charge in [-0.25, -0.2) is 8.78 Å². The maximum absolute atomic E-state index is 12.5. The highest BCUT2D eigenvalue weighted by atomic mass is 19.3. The van der Waals surface area contributed by atoms with Crippen molar-refractivity contribution in [3.8, 4) is 6.07 Å². The lowest BCUT2D eigenvalue weighted by Crippen LogP contribution is -2.41. The number of hydrogen-bond acceptors (Lipinski definition) is 2. The Morgan fingerprint density at radius 2 is 1.81 bits per heavy atom. The third-order valence-corrected chi connectivity index (χ3v) is 4.03. The molecular weight excluding hydrogens is 210 g/mol. The third-order valence-electron chi connectivity index (χ3n) is 4.03. The first-order valence-electron chi connectivity index (χ1n) is 6.12. The van der Waals surface area contributed by atoms with Crippen LogP contribution in [-0.2, 0) is 0 Å². The maximum Gasteiger partial charge on any atom is 0.241 e. The number of piperidine rings is 1. The molecule has 90 valence electrons. The van der Waals surface area contributed by atoms with E-state index in [9.17, 15) is 8.78 Å². The number of nitriles is 1. The quantitative estimate of drug-likeness (QED) is 0.726. The van der Waals surface area contributed by atoms with Crippen molar-refractivity contribution in [3.05, 3.63) is 0 Å². The molecule has 2 unspecified atom stereocenters. The van der Waals surface area contributed by atoms with Crippen molar-refractivity contribution in [2.75, 3.05) is 13.1 Å². The minimum Gasteiger partial charge on any atom is -0.300 e. The molecule has 1 aliphatic carbocycles. The van der Waals surface area contributed by atoms with E-state index < -0.39 is 12.3 Å². The highest BCUT2D eigenvalue weighted by molar-refractivity contribution is 4.94. The van der Waals surface area contributed by atoms with Gasteiger partial charge in [0.2, 0.25) is 6.43 Å². The summed E-state index contributed by atoms with van der Waals surface area (Å²) in [5.74, 6) is -0.206. The summed E-state index contributed by atoms with van der Waals surface area (Å²) in [6, 6.07) is 2.79. The van der Waals surface area contributed by atoms with Crippen molar-refractivity contribution in [3.63, 3.8) is 0 Å². The van der Waals surface area contributed by atoms with Crippen LogP contribution in [0.4, 0.5) is 8.78 Å². The number of alkyl halides is 2. The fraction of sp³-hybridized carbons (Fsp3) is 0.917. The van der Waals surface area contributed by atoms with E-state index in [0.717, 1.165) is 32.4 Å². The van der Waals surface area contributed by atoms with Crippen LogP contribution in [0.15, 0.2) is 0 Å². The molecule has 2 atom stereocenters. The molecule has 1 aliphatic heterocycles. The fourth-order valence-electron chi connectivity index (χ4n) is 2.94. The van der Waals surface area contributed by atoms with Crippen LogP contribution in [0.5, 0.6) is 0 Å². The van der Waals surface area contributed by atoms with Gasteiger partial charge in [-0.05, 0) is 45.2 Å². The maximum atomic E-state index is 12.5. The monoisotopic (exact) mass is 228 g/mol. The second kappa shape index (κ2) is 5.09. The van der Waals surface area contributed by atoms with Gasteiger partial charge in [0.15, 0.2) is 0 Å². The van der Waals surface area contributed by atoms with E-state index in [1.54, 1.807) is 0 Å². The zero-order valence-corrected chi connectivity index (χ0v) is 9.41. The number of likely N-dealkylation sites (tertiary alicyclic amines) is 1. The number of nitrogens with zero attached hydrogens (tertiary/aromatic N) is 2. The first-order valence-corrected chi connectivity index (χ1v) is 6.12. The van der Waals surface area contributed by atoms with Crippen molar-refractivity contribution in [1.29, 1.82) is 5.26 Å². The van der Waals surface area contributed by atoms with Gasteiger partial charge in [-0.2, -0.15) is 5.26 Å². The fourth-order valence-corrected chi connectivity index (χ4v) is 2.94. The van der Waals surface area contributed by atoms with E-state index in [-0.39, 0.29) is 5.92 Å². The molecule has 0 N–H and O–H groups in total. The Hall–Kier alpha value is -0.690. The predicted octanol–water partition coefficient (Wildman–Crippen LogP) is 2.66. The minimum absolute atomic E-state index is 0.192. The molecule has 1 saturated heterocycles. The van der Waals surface area contributed by atoms with Crippen LogP contribution in [-0.4, -0.2) is 30.5 Å². The predicted molar refractivity (Wildman–Crippen MR) is 57.0 cm³/mol. The van der Waals surface area contributed by atoms with E-state index in [4.69, 9.17) is 5.26 Å². The van der Waals surface area contributed by atoms with Gasteiger partial charge in [-0.1, -0.05) is 0 Å². The van der Waals surface area contributed by atoms with Crippen LogP contribution in [0.1, 0.15) is 32.1 Å². The molecule has 2 fully saturated rings. The molecule has 2 nitrogen and oxygen atoms in total. The summed E-state index contributed by atoms with van der Waals surface area (Å²) < 4.78 is 25.0. The Balaban J connectivity index is 1.79. The van der Waals surface area contributed by atoms with Gasteiger partial charge < -0.3 is 4.90 Å². The Morgan fingerprint density at radius 1 is 1.12 bits per heavy atom. The topological polar surface area (TPSA) is 27.0 Å². The highest BCUT2D eigenvalue weighted by Gasteiger charge is 2.33. The van der Waals surface area contributed by atoms with Gasteiger partial charge in [-0.15, -0.1) is 0 Å². The summed E-state index contributed by atoms with van der Waals surface area (Å²) in [6.45, 7) is 1.58. The molecular formula is C12H18F2N2. The van der Waals surface area contributed by atoms with E-state index in [1.165, 1.54) is 0 Å². The number of halogens is 2. The second-order valence-electron chi connectivity index (χ2n) is 5.00. The summed E-state index contributed by atoms with van der Waals surface area (Å²) in [6.07, 6.45) is 2.07. The van der Waals surface area contributed by atoms with Gasteiger partial charge in [0.1, 0.15) is 0 Å². The highest BCUT2D eigenvalue weighted by Crippen LogP contribution is 2.32. The lowest BCUT2D eigenvalue weighted by molar-refractivity contribution is 0.0249. The molecule has 1 heterocycles. The molecule has 1 saturated carbocycles. The van der Waals surface area contributed by atoms with Crippen molar-refractivity contribution in [2.45, 2.75) is 44.6 Å². The van der Waals surface area contributed by atoms with Crippen LogP contribution in [0.2, 0.25) is 0 Å². The lowest BCUT2D eigenvalue weighted by atomic mass is 9.96. The van der Waals surface area contributed by atoms with Gasteiger partial charge in [-0.3, -0.25) is 0 Å². The first-order chi connectivity index (χ1) is 7.70. The molecule has 4 heteroatoms. The molecule has 2 aliphatic rings. The molecule has 0 aromatic heterocycles. The largest absolute Gasteiger partial charge is 0.300 e. The normalized spacial score (nSPS) is 33.1. The Morgan fingerprint density at radius 3 is 2.31 bits per heavy atom. The van der Waals surface area contributed by atoms with Gasteiger partial charge in [0.05, 0.1) is 6.07 Å². The first kappa shape index (κ1) is 11.8. The second-order valence-corrected chi connectivity index (χ2v) is 5.00. The molecule has 0 spiro atoms. The summed E-state index contributed by atoms with van der Waals surface area (Å²) >= 11 is 0. The van der Waals surface area contributed by atoms with Gasteiger partial charge >= 0.3 is 0 Å². The zero-order valence-electron chi connectivity index (χ0n) is 9.41. The summed E-state index contributed by atoms with van der Waals surface area (Å²) in [7, 11) is 0. The van der Waals surface area contributed by atoms with E-state index in [1.807, 2.05) is 0 Å². The Kier molecular flexibility index (Phi) is 3.75. The third kappa shape index (κ3) is 2.52. The van der Waals surface area contributed by atoms with Crippen molar-refractivity contribution in [1.82, 2.24) is 4.90 Å². The van der Waals surface area contributed by atoms with Crippen LogP contribution in [0, 0.1) is 23.2 Å². The Bertz CT molecular complexity index is 267. The van der Waals surface area contributed by atoms with Crippen molar-refractivity contribution in [2.24, 2.45) is 11.8 Å². The molecule has 0 aromatic rings. The van der Waals surface area contributed by atoms with E-state index >= 15 is 0 Å². The van der Waals surface area contributed by atoms with Crippen LogP contribution in [0.3, 0.4) is 0 Å². The van der Waals surface area contributed by atoms with Gasteiger partial charge in [0, 0.05) is 17.9 Å². The summed E-state index contributed by atoms with van der Waals surface area (Å²) in [4.78, 5) is 2.32. The molecule has 0 bridgehead atoms. The summed E-state index contributed by atoms with van der Waals surface area (Å²) in [5.41, 5.74) is 0. The van der Waals surface area contributed by atoms with Crippen LogP contribution < -0.4 is 0 Å². The van der Waals surface area contributed by atoms with Crippen LogP contribution >= 0.6 is 0 Å². The van der Waals surface area contributed by atoms with Gasteiger partial charge in [0.25, 0.3) is 0 Å². The van der Waals surface area contributed by atoms with E-state index in [0.29, 0.717) is 18.9 Å². The van der Waals surface area contributed by atoms with Crippen molar-refractivity contribution >= 4 is 0 Å². The SMILES string of the molecule is N#CC1CCC(N2CCC(C(F)F)CC2)C1. The molecule has 0 radical (unpaired) electrons.